The average molecular weight is 292 g/mol. The Morgan fingerprint density at radius 3 is 2.67 bits per heavy atom. The van der Waals surface area contributed by atoms with Crippen LogP contribution in [0.5, 0.6) is 11.5 Å². The maximum atomic E-state index is 12.7. The second-order valence-electron chi connectivity index (χ2n) is 5.64. The zero-order valence-corrected chi connectivity index (χ0v) is 12.5. The van der Waals surface area contributed by atoms with E-state index < -0.39 is 0 Å². The Kier molecular flexibility index (Phi) is 5.07. The van der Waals surface area contributed by atoms with Crippen molar-refractivity contribution in [1.29, 1.82) is 0 Å². The van der Waals surface area contributed by atoms with Gasteiger partial charge in [-0.05, 0) is 44.4 Å². The summed E-state index contributed by atoms with van der Waals surface area (Å²) >= 11 is 0. The van der Waals surface area contributed by atoms with Crippen molar-refractivity contribution in [2.45, 2.75) is 38.6 Å². The third kappa shape index (κ3) is 3.29. The fourth-order valence-electron chi connectivity index (χ4n) is 3.26. The molecule has 5 heteroatoms. The van der Waals surface area contributed by atoms with Crippen LogP contribution in [0.15, 0.2) is 18.2 Å². The zero-order valence-electron chi connectivity index (χ0n) is 12.5. The Hall–Kier alpha value is -1.75. The number of amides is 1. The molecule has 116 valence electrons. The molecule has 0 heterocycles. The summed E-state index contributed by atoms with van der Waals surface area (Å²) in [5.74, 6) is -0.106. The minimum atomic E-state index is -0.194. The van der Waals surface area contributed by atoms with E-state index in [9.17, 15) is 15.0 Å². The van der Waals surface area contributed by atoms with Crippen molar-refractivity contribution >= 4 is 5.91 Å². The van der Waals surface area contributed by atoms with E-state index in [2.05, 4.69) is 0 Å². The fourth-order valence-corrected chi connectivity index (χ4v) is 3.26. The fraction of sp³-hybridized carbons (Fsp3) is 0.562. The van der Waals surface area contributed by atoms with Crippen molar-refractivity contribution in [1.82, 2.24) is 4.90 Å². The van der Waals surface area contributed by atoms with Crippen molar-refractivity contribution in [2.75, 3.05) is 13.1 Å². The molecule has 2 rings (SSSR count). The molecular formula is C16H24N2O3. The highest BCUT2D eigenvalue weighted by Crippen LogP contribution is 2.31. The first-order valence-corrected chi connectivity index (χ1v) is 7.61. The van der Waals surface area contributed by atoms with Crippen molar-refractivity contribution in [3.63, 3.8) is 0 Å². The van der Waals surface area contributed by atoms with Gasteiger partial charge in [-0.2, -0.15) is 0 Å². The normalized spacial score (nSPS) is 22.0. The van der Waals surface area contributed by atoms with Crippen LogP contribution >= 0.6 is 0 Å². The van der Waals surface area contributed by atoms with E-state index in [0.29, 0.717) is 19.0 Å². The van der Waals surface area contributed by atoms with Crippen LogP contribution in [0.2, 0.25) is 0 Å². The molecule has 2 unspecified atom stereocenters. The number of benzene rings is 1. The highest BCUT2D eigenvalue weighted by molar-refractivity contribution is 5.97. The number of rotatable bonds is 4. The number of phenolic OH excluding ortho intramolecular Hbond substituents is 2. The standard InChI is InChI=1S/C16H24N2O3/c1-2-18(14-6-4-3-5-11(14)10-17)16(21)13-8-7-12(19)9-15(13)20/h7-9,11,14,19-20H,2-6,10,17H2,1H3. The van der Waals surface area contributed by atoms with Crippen LogP contribution in [0.1, 0.15) is 43.0 Å². The van der Waals surface area contributed by atoms with E-state index in [-0.39, 0.29) is 29.0 Å². The second-order valence-corrected chi connectivity index (χ2v) is 5.64. The Labute approximate surface area is 125 Å². The lowest BCUT2D eigenvalue weighted by Crippen LogP contribution is -2.48. The first-order chi connectivity index (χ1) is 10.1. The molecule has 1 aliphatic rings. The predicted molar refractivity (Wildman–Crippen MR) is 81.3 cm³/mol. The number of hydrogen-bond donors (Lipinski definition) is 3. The molecule has 1 saturated carbocycles. The summed E-state index contributed by atoms with van der Waals surface area (Å²) in [7, 11) is 0. The maximum Gasteiger partial charge on any atom is 0.257 e. The Balaban J connectivity index is 2.25. The van der Waals surface area contributed by atoms with Crippen molar-refractivity contribution in [2.24, 2.45) is 11.7 Å². The predicted octanol–water partition coefficient (Wildman–Crippen LogP) is 2.08. The third-order valence-electron chi connectivity index (χ3n) is 4.39. The molecule has 0 saturated heterocycles. The topological polar surface area (TPSA) is 86.8 Å². The first kappa shape index (κ1) is 15.6. The van der Waals surface area contributed by atoms with Crippen molar-refractivity contribution in [3.05, 3.63) is 23.8 Å². The summed E-state index contributed by atoms with van der Waals surface area (Å²) in [6, 6.07) is 4.22. The van der Waals surface area contributed by atoms with Gasteiger partial charge in [0.15, 0.2) is 0 Å². The van der Waals surface area contributed by atoms with Crippen molar-refractivity contribution in [3.8, 4) is 11.5 Å². The minimum Gasteiger partial charge on any atom is -0.508 e. The number of nitrogens with two attached hydrogens (primary N) is 1. The van der Waals surface area contributed by atoms with Crippen LogP contribution in [0.4, 0.5) is 0 Å². The Morgan fingerprint density at radius 1 is 1.33 bits per heavy atom. The minimum absolute atomic E-state index is 0.0513. The average Bonchev–Trinajstić information content (AvgIpc) is 2.48. The molecule has 1 aliphatic carbocycles. The van der Waals surface area contributed by atoms with Gasteiger partial charge in [-0.25, -0.2) is 0 Å². The van der Waals surface area contributed by atoms with Crippen LogP contribution in [-0.4, -0.2) is 40.2 Å². The molecular weight excluding hydrogens is 268 g/mol. The van der Waals surface area contributed by atoms with E-state index in [4.69, 9.17) is 5.73 Å². The van der Waals surface area contributed by atoms with Gasteiger partial charge < -0.3 is 20.8 Å². The van der Waals surface area contributed by atoms with Gasteiger partial charge in [0, 0.05) is 18.7 Å². The van der Waals surface area contributed by atoms with E-state index in [1.165, 1.54) is 18.2 Å². The van der Waals surface area contributed by atoms with Crippen molar-refractivity contribution < 1.29 is 15.0 Å². The summed E-state index contributed by atoms with van der Waals surface area (Å²) in [5, 5.41) is 19.2. The first-order valence-electron chi connectivity index (χ1n) is 7.61. The Bertz CT molecular complexity index is 504. The van der Waals surface area contributed by atoms with E-state index in [1.54, 1.807) is 0 Å². The molecule has 5 nitrogen and oxygen atoms in total. The molecule has 0 spiro atoms. The number of carbonyl (C=O) groups excluding carboxylic acids is 1. The highest BCUT2D eigenvalue weighted by atomic mass is 16.3. The quantitative estimate of drug-likeness (QED) is 0.793. The lowest BCUT2D eigenvalue weighted by molar-refractivity contribution is 0.0557. The zero-order chi connectivity index (χ0) is 15.4. The van der Waals surface area contributed by atoms with Crippen LogP contribution in [-0.2, 0) is 0 Å². The molecule has 0 radical (unpaired) electrons. The van der Waals surface area contributed by atoms with Gasteiger partial charge in [0.1, 0.15) is 11.5 Å². The number of phenols is 2. The molecule has 1 amide bonds. The summed E-state index contributed by atoms with van der Waals surface area (Å²) in [5.41, 5.74) is 6.09. The van der Waals surface area contributed by atoms with Gasteiger partial charge in [-0.3, -0.25) is 4.79 Å². The molecule has 1 fully saturated rings. The SMILES string of the molecule is CCN(C(=O)c1ccc(O)cc1O)C1CCCCC1CN. The molecule has 21 heavy (non-hydrogen) atoms. The van der Waals surface area contributed by atoms with Gasteiger partial charge in [0.2, 0.25) is 0 Å². The molecule has 2 atom stereocenters. The number of nitrogens with zero attached hydrogens (tertiary/aromatic N) is 1. The van der Waals surface area contributed by atoms with E-state index in [1.807, 2.05) is 11.8 Å². The summed E-state index contributed by atoms with van der Waals surface area (Å²) in [4.78, 5) is 14.5. The number of hydrogen-bond acceptors (Lipinski definition) is 4. The van der Waals surface area contributed by atoms with Gasteiger partial charge in [-0.15, -0.1) is 0 Å². The van der Waals surface area contributed by atoms with Gasteiger partial charge in [0.25, 0.3) is 5.91 Å². The molecule has 1 aromatic rings. The van der Waals surface area contributed by atoms with Crippen LogP contribution in [0.3, 0.4) is 0 Å². The van der Waals surface area contributed by atoms with Gasteiger partial charge >= 0.3 is 0 Å². The summed E-state index contributed by atoms with van der Waals surface area (Å²) in [6.45, 7) is 3.11. The monoisotopic (exact) mass is 292 g/mol. The highest BCUT2D eigenvalue weighted by Gasteiger charge is 2.32. The third-order valence-corrected chi connectivity index (χ3v) is 4.39. The molecule has 1 aromatic carbocycles. The van der Waals surface area contributed by atoms with Crippen LogP contribution in [0.25, 0.3) is 0 Å². The van der Waals surface area contributed by atoms with E-state index in [0.717, 1.165) is 25.7 Å². The lowest BCUT2D eigenvalue weighted by atomic mass is 9.83. The lowest BCUT2D eigenvalue weighted by Gasteiger charge is -2.39. The number of aromatic hydroxyl groups is 2. The molecule has 0 bridgehead atoms. The number of carbonyl (C=O) groups is 1. The summed E-state index contributed by atoms with van der Waals surface area (Å²) in [6.07, 6.45) is 4.27. The smallest absolute Gasteiger partial charge is 0.257 e. The second kappa shape index (κ2) is 6.80. The van der Waals surface area contributed by atoms with Gasteiger partial charge in [-0.1, -0.05) is 12.8 Å². The molecule has 4 N–H and O–H groups in total. The largest absolute Gasteiger partial charge is 0.508 e. The van der Waals surface area contributed by atoms with Crippen LogP contribution < -0.4 is 5.73 Å². The maximum absolute atomic E-state index is 12.7. The van der Waals surface area contributed by atoms with E-state index >= 15 is 0 Å². The summed E-state index contributed by atoms with van der Waals surface area (Å²) < 4.78 is 0. The van der Waals surface area contributed by atoms with Gasteiger partial charge in [0.05, 0.1) is 5.56 Å². The molecule has 0 aromatic heterocycles. The molecule has 0 aliphatic heterocycles. The van der Waals surface area contributed by atoms with Crippen LogP contribution in [0, 0.1) is 5.92 Å². The Morgan fingerprint density at radius 2 is 2.05 bits per heavy atom.